The molecule has 39 heavy (non-hydrogen) atoms. The Morgan fingerprint density at radius 3 is 1.97 bits per heavy atom. The Morgan fingerprint density at radius 2 is 1.36 bits per heavy atom. The van der Waals surface area contributed by atoms with Crippen molar-refractivity contribution in [2.75, 3.05) is 19.8 Å². The maximum atomic E-state index is 12.6. The topological polar surface area (TPSA) is 71.1 Å². The van der Waals surface area contributed by atoms with Gasteiger partial charge in [-0.1, -0.05) is 90.7 Å². The van der Waals surface area contributed by atoms with Crippen LogP contribution >= 0.6 is 0 Å². The minimum Gasteiger partial charge on any atom is -0.462 e. The molecule has 214 valence electrons. The van der Waals surface area contributed by atoms with Crippen LogP contribution in [0.25, 0.3) is 0 Å². The van der Waals surface area contributed by atoms with Gasteiger partial charge >= 0.3 is 11.9 Å². The van der Waals surface area contributed by atoms with Crippen molar-refractivity contribution in [3.05, 3.63) is 65.2 Å². The largest absolute Gasteiger partial charge is 0.462 e. The molecule has 6 nitrogen and oxygen atoms in total. The summed E-state index contributed by atoms with van der Waals surface area (Å²) >= 11 is 0. The molecule has 0 aromatic heterocycles. The molecule has 0 saturated carbocycles. The highest BCUT2D eigenvalue weighted by Crippen LogP contribution is 2.28. The van der Waals surface area contributed by atoms with Crippen molar-refractivity contribution < 1.29 is 28.5 Å². The third-order valence-corrected chi connectivity index (χ3v) is 7.35. The summed E-state index contributed by atoms with van der Waals surface area (Å²) in [6.45, 7) is 8.13. The fraction of sp³-hybridized carbons (Fsp3) is 0.576. The van der Waals surface area contributed by atoms with Crippen LogP contribution in [0.5, 0.6) is 5.75 Å². The van der Waals surface area contributed by atoms with E-state index in [1.54, 1.807) is 36.4 Å². The van der Waals surface area contributed by atoms with Crippen molar-refractivity contribution in [2.45, 2.75) is 91.3 Å². The van der Waals surface area contributed by atoms with Crippen molar-refractivity contribution in [3.8, 4) is 5.75 Å². The molecule has 2 aromatic carbocycles. The highest BCUT2D eigenvalue weighted by molar-refractivity contribution is 5.92. The second-order valence-electron chi connectivity index (χ2n) is 10.8. The van der Waals surface area contributed by atoms with Gasteiger partial charge in [-0.2, -0.15) is 0 Å². The number of benzene rings is 2. The standard InChI is InChI=1S/C33H46O6/c1-4-6-7-8-9-10-11-12-13-26-23-37-33(38-24-26)29-16-14-28(15-17-29)32(35)39-30-20-18-27(19-21-30)31(34)36-22-25(3)5-2/h14-21,25-26,33H,4-13,22-24H2,1-3H3. The number of rotatable bonds is 16. The first-order valence-electron chi connectivity index (χ1n) is 14.8. The van der Waals surface area contributed by atoms with Crippen molar-refractivity contribution in [2.24, 2.45) is 11.8 Å². The number of hydrogen-bond donors (Lipinski definition) is 0. The van der Waals surface area contributed by atoms with E-state index in [-0.39, 0.29) is 5.97 Å². The van der Waals surface area contributed by atoms with Gasteiger partial charge < -0.3 is 18.9 Å². The maximum absolute atomic E-state index is 12.6. The van der Waals surface area contributed by atoms with E-state index in [2.05, 4.69) is 13.8 Å². The normalized spacial score (nSPS) is 17.9. The lowest BCUT2D eigenvalue weighted by Gasteiger charge is -2.29. The van der Waals surface area contributed by atoms with Crippen LogP contribution in [-0.2, 0) is 14.2 Å². The van der Waals surface area contributed by atoms with E-state index in [1.807, 2.05) is 19.1 Å². The van der Waals surface area contributed by atoms with Crippen LogP contribution in [0.15, 0.2) is 48.5 Å². The molecule has 0 spiro atoms. The van der Waals surface area contributed by atoms with E-state index < -0.39 is 12.3 Å². The van der Waals surface area contributed by atoms with Crippen molar-refractivity contribution in [1.29, 1.82) is 0 Å². The average molecular weight is 539 g/mol. The van der Waals surface area contributed by atoms with Gasteiger partial charge in [-0.3, -0.25) is 0 Å². The molecule has 1 aliphatic rings. The van der Waals surface area contributed by atoms with Gasteiger partial charge in [-0.25, -0.2) is 9.59 Å². The molecule has 0 bridgehead atoms. The van der Waals surface area contributed by atoms with Gasteiger partial charge in [0.15, 0.2) is 6.29 Å². The Hall–Kier alpha value is -2.70. The lowest BCUT2D eigenvalue weighted by atomic mass is 10.0. The maximum Gasteiger partial charge on any atom is 0.343 e. The molecule has 1 aliphatic heterocycles. The number of hydrogen-bond acceptors (Lipinski definition) is 6. The van der Waals surface area contributed by atoms with E-state index in [0.29, 0.717) is 48.5 Å². The Labute approximate surface area is 234 Å². The summed E-state index contributed by atoms with van der Waals surface area (Å²) in [4.78, 5) is 24.8. The summed E-state index contributed by atoms with van der Waals surface area (Å²) in [5, 5.41) is 0. The Balaban J connectivity index is 1.37. The minimum absolute atomic E-state index is 0.318. The fourth-order valence-corrected chi connectivity index (χ4v) is 4.49. The molecular weight excluding hydrogens is 492 g/mol. The summed E-state index contributed by atoms with van der Waals surface area (Å²) in [6, 6.07) is 13.5. The molecule has 0 amide bonds. The predicted octanol–water partition coefficient (Wildman–Crippen LogP) is 8.30. The van der Waals surface area contributed by atoms with Crippen molar-refractivity contribution in [1.82, 2.24) is 0 Å². The van der Waals surface area contributed by atoms with Crippen LogP contribution in [0, 0.1) is 11.8 Å². The molecule has 1 fully saturated rings. The molecule has 0 radical (unpaired) electrons. The number of unbranched alkanes of at least 4 members (excludes halogenated alkanes) is 7. The predicted molar refractivity (Wildman–Crippen MR) is 153 cm³/mol. The molecule has 1 saturated heterocycles. The van der Waals surface area contributed by atoms with Crippen molar-refractivity contribution in [3.63, 3.8) is 0 Å². The zero-order chi connectivity index (χ0) is 27.9. The first-order chi connectivity index (χ1) is 19.0. The van der Waals surface area contributed by atoms with E-state index in [0.717, 1.165) is 18.4 Å². The molecule has 1 atom stereocenters. The lowest BCUT2D eigenvalue weighted by molar-refractivity contribution is -0.206. The van der Waals surface area contributed by atoms with Crippen LogP contribution in [0.1, 0.15) is 118 Å². The van der Waals surface area contributed by atoms with Gasteiger partial charge in [0.2, 0.25) is 0 Å². The summed E-state index contributed by atoms with van der Waals surface area (Å²) in [6.07, 6.45) is 12.3. The summed E-state index contributed by atoms with van der Waals surface area (Å²) in [5.41, 5.74) is 1.74. The average Bonchev–Trinajstić information content (AvgIpc) is 2.98. The molecule has 3 rings (SSSR count). The zero-order valence-corrected chi connectivity index (χ0v) is 24.0. The number of carbonyl (C=O) groups is 2. The van der Waals surface area contributed by atoms with Crippen LogP contribution in [0.2, 0.25) is 0 Å². The van der Waals surface area contributed by atoms with Gasteiger partial charge in [-0.15, -0.1) is 0 Å². The molecule has 0 N–H and O–H groups in total. The minimum atomic E-state index is -0.468. The molecule has 0 aliphatic carbocycles. The van der Waals surface area contributed by atoms with Gasteiger partial charge in [0.25, 0.3) is 0 Å². The Bertz CT molecular complexity index is 976. The highest BCUT2D eigenvalue weighted by atomic mass is 16.7. The van der Waals surface area contributed by atoms with Gasteiger partial charge in [-0.05, 0) is 48.7 Å². The molecule has 1 heterocycles. The van der Waals surface area contributed by atoms with Crippen LogP contribution in [-0.4, -0.2) is 31.8 Å². The Kier molecular flexibility index (Phi) is 13.5. The van der Waals surface area contributed by atoms with E-state index >= 15 is 0 Å². The van der Waals surface area contributed by atoms with E-state index in [4.69, 9.17) is 18.9 Å². The van der Waals surface area contributed by atoms with E-state index in [9.17, 15) is 9.59 Å². The molecular formula is C33H46O6. The van der Waals surface area contributed by atoms with Gasteiger partial charge in [0.05, 0.1) is 30.9 Å². The first-order valence-corrected chi connectivity index (χ1v) is 14.8. The smallest absolute Gasteiger partial charge is 0.343 e. The van der Waals surface area contributed by atoms with Crippen molar-refractivity contribution >= 4 is 11.9 Å². The summed E-state index contributed by atoms with van der Waals surface area (Å²) < 4.78 is 22.8. The van der Waals surface area contributed by atoms with Crippen LogP contribution in [0.4, 0.5) is 0 Å². The fourth-order valence-electron chi connectivity index (χ4n) is 4.49. The van der Waals surface area contributed by atoms with Gasteiger partial charge in [0, 0.05) is 11.5 Å². The third-order valence-electron chi connectivity index (χ3n) is 7.35. The lowest BCUT2D eigenvalue weighted by Crippen LogP contribution is -2.27. The number of carbonyl (C=O) groups excluding carboxylic acids is 2. The highest BCUT2D eigenvalue weighted by Gasteiger charge is 2.23. The first kappa shape index (κ1) is 30.8. The number of ether oxygens (including phenoxy) is 4. The second-order valence-corrected chi connectivity index (χ2v) is 10.8. The zero-order valence-electron chi connectivity index (χ0n) is 24.0. The third kappa shape index (κ3) is 10.8. The molecule has 1 unspecified atom stereocenters. The number of esters is 2. The van der Waals surface area contributed by atoms with Crippen LogP contribution in [0.3, 0.4) is 0 Å². The quantitative estimate of drug-likeness (QED) is 0.122. The van der Waals surface area contributed by atoms with Crippen LogP contribution < -0.4 is 4.74 Å². The Morgan fingerprint density at radius 1 is 0.795 bits per heavy atom. The monoisotopic (exact) mass is 538 g/mol. The molecule has 2 aromatic rings. The van der Waals surface area contributed by atoms with Gasteiger partial charge in [0.1, 0.15) is 5.75 Å². The SMILES string of the molecule is CCCCCCCCCCC1COC(c2ccc(C(=O)Oc3ccc(C(=O)OCC(C)CC)cc3)cc2)OC1. The second kappa shape index (κ2) is 17.1. The summed E-state index contributed by atoms with van der Waals surface area (Å²) in [7, 11) is 0. The molecule has 6 heteroatoms. The van der Waals surface area contributed by atoms with E-state index in [1.165, 1.54) is 51.4 Å². The summed E-state index contributed by atoms with van der Waals surface area (Å²) in [5.74, 6) is 0.283.